The largest absolute Gasteiger partial charge is 0.486 e. The molecule has 6 heteroatoms. The van der Waals surface area contributed by atoms with E-state index in [0.29, 0.717) is 25.0 Å². The fourth-order valence-electron chi connectivity index (χ4n) is 3.98. The Labute approximate surface area is 150 Å². The van der Waals surface area contributed by atoms with E-state index in [1.807, 2.05) is 35.2 Å². The lowest BCUT2D eigenvalue weighted by Crippen LogP contribution is -2.31. The minimum absolute atomic E-state index is 0.170. The molecule has 25 heavy (non-hydrogen) atoms. The van der Waals surface area contributed by atoms with Gasteiger partial charge in [0.15, 0.2) is 11.5 Å². The van der Waals surface area contributed by atoms with Crippen LogP contribution in [0.1, 0.15) is 9.67 Å². The lowest BCUT2D eigenvalue weighted by Gasteiger charge is -2.18. The summed E-state index contributed by atoms with van der Waals surface area (Å²) in [5, 5.41) is 3.42. The summed E-state index contributed by atoms with van der Waals surface area (Å²) in [4.78, 5) is 16.8. The van der Waals surface area contributed by atoms with Crippen LogP contribution in [0, 0.1) is 11.8 Å². The molecule has 2 fully saturated rings. The topological polar surface area (TPSA) is 50.8 Å². The van der Waals surface area contributed by atoms with Crippen LogP contribution in [0.5, 0.6) is 11.5 Å². The molecule has 0 saturated carbocycles. The van der Waals surface area contributed by atoms with Gasteiger partial charge in [-0.3, -0.25) is 4.79 Å². The van der Waals surface area contributed by atoms with E-state index in [2.05, 4.69) is 5.32 Å². The average molecular weight is 356 g/mol. The Morgan fingerprint density at radius 3 is 2.60 bits per heavy atom. The first kappa shape index (κ1) is 15.2. The molecule has 130 valence electrons. The molecule has 3 aliphatic rings. The van der Waals surface area contributed by atoms with E-state index in [-0.39, 0.29) is 5.91 Å². The van der Waals surface area contributed by atoms with Crippen molar-refractivity contribution in [3.05, 3.63) is 35.2 Å². The number of carbonyl (C=O) groups is 1. The first-order valence-corrected chi connectivity index (χ1v) is 9.59. The van der Waals surface area contributed by atoms with Gasteiger partial charge in [0, 0.05) is 31.1 Å². The Morgan fingerprint density at radius 2 is 1.80 bits per heavy atom. The zero-order valence-corrected chi connectivity index (χ0v) is 14.7. The highest BCUT2D eigenvalue weighted by atomic mass is 32.1. The molecule has 1 N–H and O–H groups in total. The maximum atomic E-state index is 12.8. The quantitative estimate of drug-likeness (QED) is 0.898. The van der Waals surface area contributed by atoms with Crippen LogP contribution in [0.2, 0.25) is 0 Å². The normalized spacial score (nSPS) is 24.4. The summed E-state index contributed by atoms with van der Waals surface area (Å²) in [6.07, 6.45) is 0. The van der Waals surface area contributed by atoms with Crippen LogP contribution in [0.25, 0.3) is 10.4 Å². The molecule has 0 aliphatic carbocycles. The molecule has 2 atom stereocenters. The number of ether oxygens (including phenoxy) is 2. The summed E-state index contributed by atoms with van der Waals surface area (Å²) in [5.41, 5.74) is 1.07. The summed E-state index contributed by atoms with van der Waals surface area (Å²) >= 11 is 1.56. The number of amides is 1. The Balaban J connectivity index is 1.36. The summed E-state index contributed by atoms with van der Waals surface area (Å²) in [5.74, 6) is 3.00. The van der Waals surface area contributed by atoms with E-state index >= 15 is 0 Å². The van der Waals surface area contributed by atoms with E-state index in [1.165, 1.54) is 0 Å². The van der Waals surface area contributed by atoms with Crippen molar-refractivity contribution < 1.29 is 14.3 Å². The summed E-state index contributed by atoms with van der Waals surface area (Å²) < 4.78 is 11.2. The molecule has 5 rings (SSSR count). The maximum Gasteiger partial charge on any atom is 0.263 e. The third kappa shape index (κ3) is 2.69. The van der Waals surface area contributed by atoms with E-state index in [0.717, 1.165) is 53.0 Å². The molecule has 1 amide bonds. The molecule has 0 spiro atoms. The fourth-order valence-corrected chi connectivity index (χ4v) is 4.95. The van der Waals surface area contributed by atoms with Crippen LogP contribution in [0.15, 0.2) is 30.3 Å². The van der Waals surface area contributed by atoms with Gasteiger partial charge < -0.3 is 19.7 Å². The molecule has 2 aromatic rings. The minimum Gasteiger partial charge on any atom is -0.486 e. The van der Waals surface area contributed by atoms with Gasteiger partial charge in [-0.15, -0.1) is 11.3 Å². The number of benzene rings is 1. The highest BCUT2D eigenvalue weighted by Crippen LogP contribution is 2.37. The van der Waals surface area contributed by atoms with E-state index in [9.17, 15) is 4.79 Å². The number of hydrogen-bond acceptors (Lipinski definition) is 5. The van der Waals surface area contributed by atoms with Crippen LogP contribution in [-0.2, 0) is 0 Å². The number of likely N-dealkylation sites (tertiary alicyclic amines) is 1. The average Bonchev–Trinajstić information content (AvgIpc) is 3.36. The van der Waals surface area contributed by atoms with Gasteiger partial charge in [0.05, 0.1) is 4.88 Å². The van der Waals surface area contributed by atoms with Crippen LogP contribution in [-0.4, -0.2) is 50.2 Å². The number of hydrogen-bond donors (Lipinski definition) is 1. The van der Waals surface area contributed by atoms with Crippen molar-refractivity contribution >= 4 is 17.2 Å². The Hall–Kier alpha value is -2.05. The number of nitrogens with one attached hydrogen (secondary N) is 1. The van der Waals surface area contributed by atoms with Crippen LogP contribution < -0.4 is 14.8 Å². The smallest absolute Gasteiger partial charge is 0.263 e. The van der Waals surface area contributed by atoms with E-state index in [4.69, 9.17) is 9.47 Å². The Kier molecular flexibility index (Phi) is 3.68. The summed E-state index contributed by atoms with van der Waals surface area (Å²) in [6, 6.07) is 9.95. The Bertz CT molecular complexity index is 807. The van der Waals surface area contributed by atoms with Gasteiger partial charge in [0.25, 0.3) is 5.91 Å². The minimum atomic E-state index is 0.170. The van der Waals surface area contributed by atoms with E-state index < -0.39 is 0 Å². The lowest BCUT2D eigenvalue weighted by atomic mass is 10.0. The first-order valence-electron chi connectivity index (χ1n) is 8.78. The highest BCUT2D eigenvalue weighted by Gasteiger charge is 2.38. The van der Waals surface area contributed by atoms with Gasteiger partial charge in [0.2, 0.25) is 0 Å². The van der Waals surface area contributed by atoms with Crippen molar-refractivity contribution in [3.63, 3.8) is 0 Å². The van der Waals surface area contributed by atoms with Gasteiger partial charge in [-0.1, -0.05) is 0 Å². The van der Waals surface area contributed by atoms with Crippen molar-refractivity contribution in [2.45, 2.75) is 0 Å². The standard InChI is InChI=1S/C19H20N2O3S/c22-19(21-10-13-8-20-9-14(13)11-21)18-4-3-17(25-18)12-1-2-15-16(7-12)24-6-5-23-15/h1-4,7,13-14,20H,5-6,8-11H2/t13-,14+. The summed E-state index contributed by atoms with van der Waals surface area (Å²) in [7, 11) is 0. The second-order valence-corrected chi connectivity index (χ2v) is 7.99. The van der Waals surface area contributed by atoms with Crippen LogP contribution >= 0.6 is 11.3 Å². The maximum absolute atomic E-state index is 12.8. The Morgan fingerprint density at radius 1 is 1.04 bits per heavy atom. The number of rotatable bonds is 2. The molecule has 0 radical (unpaired) electrons. The molecule has 1 aromatic heterocycles. The van der Waals surface area contributed by atoms with Crippen molar-refractivity contribution in [3.8, 4) is 21.9 Å². The third-order valence-electron chi connectivity index (χ3n) is 5.32. The van der Waals surface area contributed by atoms with Crippen molar-refractivity contribution in [1.82, 2.24) is 10.2 Å². The monoisotopic (exact) mass is 356 g/mol. The number of thiophene rings is 1. The van der Waals surface area contributed by atoms with Crippen molar-refractivity contribution in [1.29, 1.82) is 0 Å². The highest BCUT2D eigenvalue weighted by molar-refractivity contribution is 7.17. The number of nitrogens with zero attached hydrogens (tertiary/aromatic N) is 1. The summed E-state index contributed by atoms with van der Waals surface area (Å²) in [6.45, 7) is 5.03. The fraction of sp³-hybridized carbons (Fsp3) is 0.421. The molecular weight excluding hydrogens is 336 g/mol. The lowest BCUT2D eigenvalue weighted by molar-refractivity contribution is 0.0786. The second-order valence-electron chi connectivity index (χ2n) is 6.91. The van der Waals surface area contributed by atoms with E-state index in [1.54, 1.807) is 11.3 Å². The predicted molar refractivity (Wildman–Crippen MR) is 96.5 cm³/mol. The van der Waals surface area contributed by atoms with Gasteiger partial charge in [-0.25, -0.2) is 0 Å². The number of carbonyl (C=O) groups excluding carboxylic acids is 1. The molecule has 3 aliphatic heterocycles. The van der Waals surface area contributed by atoms with Crippen LogP contribution in [0.4, 0.5) is 0 Å². The molecular formula is C19H20N2O3S. The van der Waals surface area contributed by atoms with Gasteiger partial charge >= 0.3 is 0 Å². The van der Waals surface area contributed by atoms with Crippen molar-refractivity contribution in [2.24, 2.45) is 11.8 Å². The molecule has 4 heterocycles. The molecule has 5 nitrogen and oxygen atoms in total. The second kappa shape index (κ2) is 6.04. The van der Waals surface area contributed by atoms with Crippen LogP contribution in [0.3, 0.4) is 0 Å². The predicted octanol–water partition coefficient (Wildman–Crippen LogP) is 2.48. The molecule has 0 unspecified atom stereocenters. The zero-order valence-electron chi connectivity index (χ0n) is 13.9. The van der Waals surface area contributed by atoms with Gasteiger partial charge in [-0.2, -0.15) is 0 Å². The third-order valence-corrected chi connectivity index (χ3v) is 6.44. The van der Waals surface area contributed by atoms with Crippen molar-refractivity contribution in [2.75, 3.05) is 39.4 Å². The van der Waals surface area contributed by atoms with Gasteiger partial charge in [-0.05, 0) is 47.7 Å². The van der Waals surface area contributed by atoms with Gasteiger partial charge in [0.1, 0.15) is 13.2 Å². The molecule has 1 aromatic carbocycles. The molecule has 0 bridgehead atoms. The zero-order chi connectivity index (χ0) is 16.8. The molecule has 2 saturated heterocycles. The SMILES string of the molecule is O=C(c1ccc(-c2ccc3c(c2)OCCO3)s1)N1C[C@H]2CNC[C@H]2C1. The first-order chi connectivity index (χ1) is 12.3. The number of fused-ring (bicyclic) bond motifs is 2.